The minimum Gasteiger partial charge on any atom is -0.350 e. The van der Waals surface area contributed by atoms with Gasteiger partial charge in [0.05, 0.1) is 10.6 Å². The van der Waals surface area contributed by atoms with Crippen LogP contribution in [0.15, 0.2) is 29.2 Å². The van der Waals surface area contributed by atoms with Crippen molar-refractivity contribution in [2.75, 3.05) is 11.5 Å². The fourth-order valence-corrected chi connectivity index (χ4v) is 3.17. The number of rotatable bonds is 4. The lowest BCUT2D eigenvalue weighted by Gasteiger charge is -2.22. The van der Waals surface area contributed by atoms with E-state index in [-0.39, 0.29) is 23.3 Å². The Hall–Kier alpha value is -1.58. The molecule has 1 saturated heterocycles. The maximum absolute atomic E-state index is 11.9. The van der Waals surface area contributed by atoms with Gasteiger partial charge in [-0.1, -0.05) is 12.1 Å². The van der Waals surface area contributed by atoms with Crippen molar-refractivity contribution in [3.63, 3.8) is 0 Å². The number of carbonyl (C=O) groups excluding carboxylic acids is 2. The lowest BCUT2D eigenvalue weighted by Crippen LogP contribution is -2.51. The number of sulfonamides is 1. The Morgan fingerprint density at radius 1 is 1.38 bits per heavy atom. The summed E-state index contributed by atoms with van der Waals surface area (Å²) in [5.74, 6) is 0.510. The third-order valence-electron chi connectivity index (χ3n) is 2.89. The first kappa shape index (κ1) is 15.8. The van der Waals surface area contributed by atoms with Crippen molar-refractivity contribution >= 4 is 33.6 Å². The van der Waals surface area contributed by atoms with Gasteiger partial charge in [0.15, 0.2) is 0 Å². The first-order valence-corrected chi connectivity index (χ1v) is 8.83. The van der Waals surface area contributed by atoms with Crippen molar-refractivity contribution in [3.05, 3.63) is 29.8 Å². The lowest BCUT2D eigenvalue weighted by molar-refractivity contribution is -0.127. The second kappa shape index (κ2) is 6.46. The van der Waals surface area contributed by atoms with E-state index in [1.54, 1.807) is 12.1 Å². The summed E-state index contributed by atoms with van der Waals surface area (Å²) >= 11 is 1.41. The zero-order valence-electron chi connectivity index (χ0n) is 11.0. The molecule has 4 N–H and O–H groups in total. The Kier molecular flexibility index (Phi) is 4.86. The van der Waals surface area contributed by atoms with Gasteiger partial charge in [-0.25, -0.2) is 13.6 Å². The number of hydrogen-bond acceptors (Lipinski definition) is 5. The molecule has 21 heavy (non-hydrogen) atoms. The van der Waals surface area contributed by atoms with Crippen molar-refractivity contribution < 1.29 is 18.0 Å². The van der Waals surface area contributed by atoms with Gasteiger partial charge in [-0.15, -0.1) is 11.8 Å². The van der Waals surface area contributed by atoms with Crippen LogP contribution >= 0.6 is 11.8 Å². The third-order valence-corrected chi connectivity index (χ3v) is 4.85. The van der Waals surface area contributed by atoms with Crippen LogP contribution in [0.5, 0.6) is 0 Å². The molecule has 2 amide bonds. The van der Waals surface area contributed by atoms with E-state index in [0.29, 0.717) is 11.5 Å². The van der Waals surface area contributed by atoms with E-state index in [1.807, 2.05) is 0 Å². The molecular weight excluding hydrogens is 314 g/mol. The number of hydrogen-bond donors (Lipinski definition) is 3. The standard InChI is InChI=1S/C12H15N3O4S2/c13-21(18,19)9-3-1-8(2-4-9)5-14-12(17)10-6-20-7-11(16)15-10/h1-4,10H,5-7H2,(H,14,17)(H,15,16)(H2,13,18,19). The monoisotopic (exact) mass is 329 g/mol. The summed E-state index contributed by atoms with van der Waals surface area (Å²) < 4.78 is 22.2. The summed E-state index contributed by atoms with van der Waals surface area (Å²) in [7, 11) is -3.71. The van der Waals surface area contributed by atoms with Crippen molar-refractivity contribution in [1.29, 1.82) is 0 Å². The smallest absolute Gasteiger partial charge is 0.243 e. The van der Waals surface area contributed by atoms with Crippen LogP contribution in [0.25, 0.3) is 0 Å². The summed E-state index contributed by atoms with van der Waals surface area (Å²) in [6.07, 6.45) is 0. The number of benzene rings is 1. The largest absolute Gasteiger partial charge is 0.350 e. The Bertz CT molecular complexity index is 643. The second-order valence-electron chi connectivity index (χ2n) is 4.54. The van der Waals surface area contributed by atoms with Crippen LogP contribution in [0.4, 0.5) is 0 Å². The Balaban J connectivity index is 1.91. The highest BCUT2D eigenvalue weighted by Gasteiger charge is 2.24. The van der Waals surface area contributed by atoms with Gasteiger partial charge in [0.1, 0.15) is 6.04 Å². The number of primary sulfonamides is 1. The van der Waals surface area contributed by atoms with Crippen LogP contribution < -0.4 is 15.8 Å². The molecule has 2 rings (SSSR count). The average Bonchev–Trinajstić information content (AvgIpc) is 2.44. The van der Waals surface area contributed by atoms with E-state index in [4.69, 9.17) is 5.14 Å². The van der Waals surface area contributed by atoms with Crippen LogP contribution in [0.2, 0.25) is 0 Å². The SMILES string of the molecule is NS(=O)(=O)c1ccc(CNC(=O)C2CSCC(=O)N2)cc1. The highest BCUT2D eigenvalue weighted by molar-refractivity contribution is 8.00. The fourth-order valence-electron chi connectivity index (χ4n) is 1.80. The van der Waals surface area contributed by atoms with E-state index in [0.717, 1.165) is 5.56 Å². The van der Waals surface area contributed by atoms with Crippen molar-refractivity contribution in [3.8, 4) is 0 Å². The first-order valence-electron chi connectivity index (χ1n) is 6.13. The molecule has 1 atom stereocenters. The zero-order valence-corrected chi connectivity index (χ0v) is 12.7. The molecule has 1 aliphatic rings. The van der Waals surface area contributed by atoms with E-state index >= 15 is 0 Å². The molecule has 1 aromatic carbocycles. The molecule has 1 aliphatic heterocycles. The quantitative estimate of drug-likeness (QED) is 0.667. The summed E-state index contributed by atoms with van der Waals surface area (Å²) in [6.45, 7) is 0.251. The maximum atomic E-state index is 11.9. The van der Waals surface area contributed by atoms with E-state index in [1.165, 1.54) is 23.9 Å². The van der Waals surface area contributed by atoms with Gasteiger partial charge < -0.3 is 10.6 Å². The van der Waals surface area contributed by atoms with Gasteiger partial charge in [-0.2, -0.15) is 0 Å². The number of nitrogens with two attached hydrogens (primary N) is 1. The van der Waals surface area contributed by atoms with Crippen LogP contribution in [-0.4, -0.2) is 37.8 Å². The van der Waals surface area contributed by atoms with Gasteiger partial charge in [0.25, 0.3) is 0 Å². The number of nitrogens with one attached hydrogen (secondary N) is 2. The van der Waals surface area contributed by atoms with E-state index in [2.05, 4.69) is 10.6 Å². The molecule has 7 nitrogen and oxygen atoms in total. The van der Waals surface area contributed by atoms with Gasteiger partial charge >= 0.3 is 0 Å². The van der Waals surface area contributed by atoms with Crippen molar-refractivity contribution in [2.24, 2.45) is 5.14 Å². The minimum atomic E-state index is -3.71. The average molecular weight is 329 g/mol. The molecule has 1 fully saturated rings. The first-order chi connectivity index (χ1) is 9.86. The Labute approximate surface area is 126 Å². The number of carbonyl (C=O) groups is 2. The van der Waals surface area contributed by atoms with Crippen LogP contribution in [0.3, 0.4) is 0 Å². The summed E-state index contributed by atoms with van der Waals surface area (Å²) in [5, 5.41) is 10.3. The second-order valence-corrected chi connectivity index (χ2v) is 7.13. The molecule has 0 bridgehead atoms. The van der Waals surface area contributed by atoms with Crippen molar-refractivity contribution in [1.82, 2.24) is 10.6 Å². The molecule has 1 aromatic rings. The summed E-state index contributed by atoms with van der Waals surface area (Å²) in [5.41, 5.74) is 0.741. The normalized spacial score (nSPS) is 18.9. The fraction of sp³-hybridized carbons (Fsp3) is 0.333. The molecule has 0 radical (unpaired) electrons. The molecule has 0 aromatic heterocycles. The molecule has 0 aliphatic carbocycles. The van der Waals surface area contributed by atoms with Crippen molar-refractivity contribution in [2.45, 2.75) is 17.5 Å². The molecule has 1 unspecified atom stereocenters. The molecule has 114 valence electrons. The summed E-state index contributed by atoms with van der Waals surface area (Å²) in [4.78, 5) is 23.1. The molecule has 1 heterocycles. The molecule has 0 saturated carbocycles. The van der Waals surface area contributed by atoms with E-state index in [9.17, 15) is 18.0 Å². The topological polar surface area (TPSA) is 118 Å². The van der Waals surface area contributed by atoms with Crippen LogP contribution in [-0.2, 0) is 26.2 Å². The van der Waals surface area contributed by atoms with Gasteiger partial charge in [0, 0.05) is 12.3 Å². The Morgan fingerprint density at radius 3 is 2.62 bits per heavy atom. The molecular formula is C12H15N3O4S2. The van der Waals surface area contributed by atoms with Crippen LogP contribution in [0.1, 0.15) is 5.56 Å². The van der Waals surface area contributed by atoms with Gasteiger partial charge in [-0.05, 0) is 17.7 Å². The highest BCUT2D eigenvalue weighted by atomic mass is 32.2. The highest BCUT2D eigenvalue weighted by Crippen LogP contribution is 2.10. The maximum Gasteiger partial charge on any atom is 0.243 e. The van der Waals surface area contributed by atoms with Crippen LogP contribution in [0, 0.1) is 0 Å². The minimum absolute atomic E-state index is 0.0218. The van der Waals surface area contributed by atoms with E-state index < -0.39 is 16.1 Å². The predicted octanol–water partition coefficient (Wildman–Crippen LogP) is -0.818. The predicted molar refractivity (Wildman–Crippen MR) is 78.9 cm³/mol. The zero-order chi connectivity index (χ0) is 15.5. The Morgan fingerprint density at radius 2 is 2.05 bits per heavy atom. The lowest BCUT2D eigenvalue weighted by atomic mass is 10.2. The molecule has 9 heteroatoms. The molecule has 0 spiro atoms. The van der Waals surface area contributed by atoms with Gasteiger partial charge in [0.2, 0.25) is 21.8 Å². The third kappa shape index (κ3) is 4.45. The number of amides is 2. The number of thioether (sulfide) groups is 1. The van der Waals surface area contributed by atoms with Gasteiger partial charge in [-0.3, -0.25) is 9.59 Å². The summed E-state index contributed by atoms with van der Waals surface area (Å²) in [6, 6.07) is 5.40.